The molecule has 4 atom stereocenters. The lowest BCUT2D eigenvalue weighted by atomic mass is 9.76. The Balaban J connectivity index is 1.47. The molecule has 6 rings (SSSR count). The minimum atomic E-state index is -0.521. The van der Waals surface area contributed by atoms with E-state index in [4.69, 9.17) is 0 Å². The van der Waals surface area contributed by atoms with Gasteiger partial charge in [-0.05, 0) is 55.4 Å². The van der Waals surface area contributed by atoms with Gasteiger partial charge >= 0.3 is 0 Å². The molecule has 40 heavy (non-hydrogen) atoms. The number of fused-ring (bicyclic) bond motifs is 1. The third-order valence-corrected chi connectivity index (χ3v) is 10.4. The molecule has 0 saturated carbocycles. The molecule has 4 unspecified atom stereocenters. The Hall–Kier alpha value is -2.75. The standard InChI is InChI=1S/C31H41N5O3S/c1-20-7-5-9-23-18-40-25-10-6-8-21(2)27(25)28(26(20)23)36-19-34(22(3)17-33-15-13-32(4)14-16-33)31(39)29-30(38)24(37)11-12-35(29)36/h5-6,9-12,20-22,28,38H,7-8,13-19H2,1-4H3. The van der Waals surface area contributed by atoms with Crippen LogP contribution in [0.15, 0.2) is 63.0 Å². The van der Waals surface area contributed by atoms with Crippen molar-refractivity contribution in [3.8, 4) is 5.75 Å². The quantitative estimate of drug-likeness (QED) is 0.602. The molecule has 2 aliphatic carbocycles. The second-order valence-corrected chi connectivity index (χ2v) is 13.1. The number of carbonyl (C=O) groups is 1. The second kappa shape index (κ2) is 10.9. The summed E-state index contributed by atoms with van der Waals surface area (Å²) < 4.78 is 1.78. The summed E-state index contributed by atoms with van der Waals surface area (Å²) in [5, 5.41) is 13.3. The average Bonchev–Trinajstić information content (AvgIpc) is 3.11. The van der Waals surface area contributed by atoms with Gasteiger partial charge < -0.3 is 14.9 Å². The molecule has 4 heterocycles. The van der Waals surface area contributed by atoms with Crippen LogP contribution in [0.2, 0.25) is 0 Å². The van der Waals surface area contributed by atoms with E-state index in [-0.39, 0.29) is 23.7 Å². The van der Waals surface area contributed by atoms with E-state index in [9.17, 15) is 14.7 Å². The summed E-state index contributed by atoms with van der Waals surface area (Å²) in [5.41, 5.74) is 3.68. The van der Waals surface area contributed by atoms with E-state index in [0.717, 1.165) is 51.3 Å². The van der Waals surface area contributed by atoms with Crippen molar-refractivity contribution in [3.05, 3.63) is 74.1 Å². The Kier molecular flexibility index (Phi) is 7.48. The van der Waals surface area contributed by atoms with Gasteiger partial charge in [0.25, 0.3) is 5.91 Å². The highest BCUT2D eigenvalue weighted by Gasteiger charge is 2.43. The van der Waals surface area contributed by atoms with Crippen molar-refractivity contribution in [2.45, 2.75) is 45.7 Å². The molecule has 8 nitrogen and oxygen atoms in total. The maximum absolute atomic E-state index is 14.0. The van der Waals surface area contributed by atoms with Crippen molar-refractivity contribution in [2.75, 3.05) is 57.2 Å². The molecule has 0 spiro atoms. The third kappa shape index (κ3) is 4.76. The zero-order valence-electron chi connectivity index (χ0n) is 24.0. The van der Waals surface area contributed by atoms with Gasteiger partial charge in [-0.25, -0.2) is 0 Å². The monoisotopic (exact) mass is 563 g/mol. The molecule has 0 bridgehead atoms. The molecule has 0 radical (unpaired) electrons. The van der Waals surface area contributed by atoms with Gasteiger partial charge in [-0.1, -0.05) is 38.2 Å². The SMILES string of the molecule is CC1CC=CC2=C1C(N1CN(C(C)CN3CCN(C)CC3)C(=O)c3c(O)c(=O)ccn31)C1=C(C=CCC1C)SC2. The van der Waals surface area contributed by atoms with Crippen LogP contribution in [0.4, 0.5) is 0 Å². The predicted octanol–water partition coefficient (Wildman–Crippen LogP) is 3.40. The van der Waals surface area contributed by atoms with Crippen molar-refractivity contribution >= 4 is 17.7 Å². The summed E-state index contributed by atoms with van der Waals surface area (Å²) >= 11 is 1.90. The molecule has 5 aliphatic rings. The number of nitrogens with zero attached hydrogens (tertiary/aromatic N) is 5. The van der Waals surface area contributed by atoms with Crippen molar-refractivity contribution in [1.29, 1.82) is 0 Å². The summed E-state index contributed by atoms with van der Waals surface area (Å²) in [4.78, 5) is 34.6. The van der Waals surface area contributed by atoms with Gasteiger partial charge in [-0.2, -0.15) is 0 Å². The van der Waals surface area contributed by atoms with E-state index >= 15 is 0 Å². The molecule has 1 aromatic rings. The fourth-order valence-electron chi connectivity index (χ4n) is 6.96. The number of allylic oxidation sites excluding steroid dienone is 4. The Bertz CT molecular complexity index is 1330. The number of thioether (sulfide) groups is 1. The highest BCUT2D eigenvalue weighted by molar-refractivity contribution is 8.03. The molecule has 1 aromatic heterocycles. The number of amides is 1. The van der Waals surface area contributed by atoms with Gasteiger partial charge in [0.1, 0.15) is 6.67 Å². The van der Waals surface area contributed by atoms with Crippen molar-refractivity contribution in [2.24, 2.45) is 11.8 Å². The number of carbonyl (C=O) groups excluding carboxylic acids is 1. The highest BCUT2D eigenvalue weighted by atomic mass is 32.2. The molecule has 1 saturated heterocycles. The number of piperazine rings is 1. The van der Waals surface area contributed by atoms with Gasteiger partial charge in [-0.15, -0.1) is 11.8 Å². The number of hydrogen-bond donors (Lipinski definition) is 1. The summed E-state index contributed by atoms with van der Waals surface area (Å²) in [7, 11) is 2.14. The number of pyridine rings is 1. The first-order valence-corrected chi connectivity index (χ1v) is 15.6. The molecular formula is C31H41N5O3S. The van der Waals surface area contributed by atoms with Crippen LogP contribution in [0, 0.1) is 11.8 Å². The number of hydrogen-bond acceptors (Lipinski definition) is 7. The van der Waals surface area contributed by atoms with Crippen LogP contribution in [-0.2, 0) is 0 Å². The third-order valence-electron chi connectivity index (χ3n) is 9.30. The zero-order valence-corrected chi connectivity index (χ0v) is 24.9. The molecule has 1 amide bonds. The summed E-state index contributed by atoms with van der Waals surface area (Å²) in [6, 6.07) is 1.22. The molecule has 1 N–H and O–H groups in total. The number of likely N-dealkylation sites (N-methyl/N-ethyl adjacent to an activating group) is 1. The Morgan fingerprint density at radius 2 is 1.73 bits per heavy atom. The summed E-state index contributed by atoms with van der Waals surface area (Å²) in [5.74, 6) is 0.857. The van der Waals surface area contributed by atoms with Gasteiger partial charge in [0.2, 0.25) is 5.43 Å². The molecule has 1 fully saturated rings. The van der Waals surface area contributed by atoms with E-state index in [0.29, 0.717) is 18.5 Å². The average molecular weight is 564 g/mol. The minimum Gasteiger partial charge on any atom is -0.502 e. The molecule has 0 aromatic carbocycles. The van der Waals surface area contributed by atoms with Gasteiger partial charge in [-0.3, -0.25) is 24.2 Å². The fourth-order valence-corrected chi connectivity index (χ4v) is 8.20. The van der Waals surface area contributed by atoms with Gasteiger partial charge in [0, 0.05) is 61.7 Å². The zero-order chi connectivity index (χ0) is 28.1. The van der Waals surface area contributed by atoms with Crippen LogP contribution >= 0.6 is 11.8 Å². The second-order valence-electron chi connectivity index (χ2n) is 12.1. The number of aromatic nitrogens is 1. The predicted molar refractivity (Wildman–Crippen MR) is 161 cm³/mol. The van der Waals surface area contributed by atoms with Crippen LogP contribution in [0.25, 0.3) is 0 Å². The molecule has 214 valence electrons. The topological polar surface area (TPSA) is 72.3 Å². The summed E-state index contributed by atoms with van der Waals surface area (Å²) in [6.07, 6.45) is 12.8. The Morgan fingerprint density at radius 3 is 2.48 bits per heavy atom. The van der Waals surface area contributed by atoms with Gasteiger partial charge in [0.15, 0.2) is 11.4 Å². The van der Waals surface area contributed by atoms with Crippen LogP contribution in [0.1, 0.15) is 44.1 Å². The highest BCUT2D eigenvalue weighted by Crippen LogP contribution is 2.46. The minimum absolute atomic E-state index is 0.0724. The van der Waals surface area contributed by atoms with Crippen molar-refractivity contribution in [3.63, 3.8) is 0 Å². The molecular weight excluding hydrogens is 522 g/mol. The van der Waals surface area contributed by atoms with Crippen molar-refractivity contribution in [1.82, 2.24) is 19.4 Å². The van der Waals surface area contributed by atoms with E-state index in [1.807, 2.05) is 16.7 Å². The first-order chi connectivity index (χ1) is 19.2. The smallest absolute Gasteiger partial charge is 0.278 e. The van der Waals surface area contributed by atoms with Crippen LogP contribution in [0.5, 0.6) is 5.75 Å². The Morgan fingerprint density at radius 1 is 1.02 bits per heavy atom. The molecule has 3 aliphatic heterocycles. The maximum Gasteiger partial charge on any atom is 0.278 e. The lowest BCUT2D eigenvalue weighted by molar-refractivity contribution is 0.0522. The first kappa shape index (κ1) is 27.4. The van der Waals surface area contributed by atoms with E-state index in [1.165, 1.54) is 27.7 Å². The van der Waals surface area contributed by atoms with Crippen LogP contribution in [0.3, 0.4) is 0 Å². The lowest BCUT2D eigenvalue weighted by Gasteiger charge is -2.49. The fraction of sp³-hybridized carbons (Fsp3) is 0.548. The van der Waals surface area contributed by atoms with Crippen LogP contribution in [-0.4, -0.2) is 94.7 Å². The first-order valence-electron chi connectivity index (χ1n) is 14.6. The lowest BCUT2D eigenvalue weighted by Crippen LogP contribution is -2.62. The number of rotatable bonds is 4. The van der Waals surface area contributed by atoms with E-state index in [1.54, 1.807) is 10.9 Å². The van der Waals surface area contributed by atoms with Gasteiger partial charge in [0.05, 0.1) is 6.04 Å². The van der Waals surface area contributed by atoms with Crippen molar-refractivity contribution < 1.29 is 9.90 Å². The maximum atomic E-state index is 14.0. The summed E-state index contributed by atoms with van der Waals surface area (Å²) in [6.45, 7) is 11.8. The van der Waals surface area contributed by atoms with E-state index in [2.05, 4.69) is 66.9 Å². The molecule has 9 heteroatoms. The van der Waals surface area contributed by atoms with E-state index < -0.39 is 11.2 Å². The largest absolute Gasteiger partial charge is 0.502 e. The number of aromatic hydroxyl groups is 1. The normalized spacial score (nSPS) is 28.4. The Labute approximate surface area is 241 Å². The van der Waals surface area contributed by atoms with Crippen LogP contribution < -0.4 is 10.4 Å².